The summed E-state index contributed by atoms with van der Waals surface area (Å²) < 4.78 is 5.84. The molecule has 1 aliphatic rings. The highest BCUT2D eigenvalue weighted by molar-refractivity contribution is 5.38. The summed E-state index contributed by atoms with van der Waals surface area (Å²) in [5.74, 6) is 1.06. The summed E-state index contributed by atoms with van der Waals surface area (Å²) in [4.78, 5) is 0. The summed E-state index contributed by atoms with van der Waals surface area (Å²) in [6, 6.07) is 6.42. The lowest BCUT2D eigenvalue weighted by Crippen LogP contribution is -2.20. The normalized spacial score (nSPS) is 18.4. The predicted molar refractivity (Wildman–Crippen MR) is 70.1 cm³/mol. The van der Waals surface area contributed by atoms with Gasteiger partial charge in [0.25, 0.3) is 0 Å². The van der Waals surface area contributed by atoms with E-state index in [-0.39, 0.29) is 6.10 Å². The maximum atomic E-state index is 5.84. The van der Waals surface area contributed by atoms with E-state index in [1.54, 1.807) is 0 Å². The molecule has 0 aromatic heterocycles. The Morgan fingerprint density at radius 2 is 2.06 bits per heavy atom. The average molecular weight is 218 g/mol. The van der Waals surface area contributed by atoms with E-state index in [1.165, 1.54) is 11.1 Å². The molecule has 1 unspecified atom stereocenters. The molecule has 1 aromatic carbocycles. The first-order chi connectivity index (χ1) is 7.79. The number of rotatable bonds is 1. The third kappa shape index (κ3) is 3.13. The van der Waals surface area contributed by atoms with Crippen molar-refractivity contribution in [3.8, 4) is 5.75 Å². The van der Waals surface area contributed by atoms with Crippen LogP contribution in [0.3, 0.4) is 0 Å². The van der Waals surface area contributed by atoms with Gasteiger partial charge >= 0.3 is 0 Å². The van der Waals surface area contributed by atoms with Gasteiger partial charge in [0.15, 0.2) is 0 Å². The molecule has 16 heavy (non-hydrogen) atoms. The Morgan fingerprint density at radius 1 is 1.31 bits per heavy atom. The van der Waals surface area contributed by atoms with Gasteiger partial charge < -0.3 is 4.74 Å². The monoisotopic (exact) mass is 218 g/mol. The molecule has 1 aliphatic heterocycles. The van der Waals surface area contributed by atoms with Crippen molar-refractivity contribution < 1.29 is 4.74 Å². The van der Waals surface area contributed by atoms with Crippen molar-refractivity contribution in [2.45, 2.75) is 46.6 Å². The number of fused-ring (bicyclic) bond motifs is 1. The van der Waals surface area contributed by atoms with Gasteiger partial charge in [-0.05, 0) is 44.4 Å². The summed E-state index contributed by atoms with van der Waals surface area (Å²) in [5, 5.41) is 0. The number of hydrogen-bond acceptors (Lipinski definition) is 1. The van der Waals surface area contributed by atoms with Crippen LogP contribution in [0, 0.1) is 6.92 Å². The van der Waals surface area contributed by atoms with Crippen LogP contribution in [-0.4, -0.2) is 6.10 Å². The lowest BCUT2D eigenvalue weighted by Gasteiger charge is -2.24. The van der Waals surface area contributed by atoms with Crippen LogP contribution in [0.2, 0.25) is 0 Å². The van der Waals surface area contributed by atoms with Crippen LogP contribution in [-0.2, 0) is 6.42 Å². The van der Waals surface area contributed by atoms with Crippen LogP contribution in [0.25, 0.3) is 0 Å². The average Bonchev–Trinajstić information content (AvgIpc) is 2.32. The van der Waals surface area contributed by atoms with Crippen LogP contribution in [0.1, 0.15) is 38.3 Å². The lowest BCUT2D eigenvalue weighted by atomic mass is 10.0. The van der Waals surface area contributed by atoms with Gasteiger partial charge in [-0.2, -0.15) is 0 Å². The molecule has 88 valence electrons. The summed E-state index contributed by atoms with van der Waals surface area (Å²) in [6.45, 7) is 8.16. The largest absolute Gasteiger partial charge is 0.486 e. The standard InChI is InChI=1S/C13H16O.C2H6/c1-3-4-12-7-6-11-9-10(2)5-8-13(11)14-12;1-2/h3-5,8-9,12H,6-7H2,1-2H3;1-2H3/b4-3+;. The molecular weight excluding hydrogens is 196 g/mol. The van der Waals surface area contributed by atoms with Crippen molar-refractivity contribution in [3.63, 3.8) is 0 Å². The Bertz CT molecular complexity index is 352. The van der Waals surface area contributed by atoms with Gasteiger partial charge in [0, 0.05) is 0 Å². The van der Waals surface area contributed by atoms with Crippen LogP contribution in [0.5, 0.6) is 5.75 Å². The highest BCUT2D eigenvalue weighted by atomic mass is 16.5. The highest BCUT2D eigenvalue weighted by Gasteiger charge is 2.16. The molecular formula is C15H22O. The third-order valence-corrected chi connectivity index (χ3v) is 2.60. The first-order valence-corrected chi connectivity index (χ1v) is 6.18. The molecule has 0 saturated carbocycles. The van der Waals surface area contributed by atoms with Crippen LogP contribution in [0.15, 0.2) is 30.4 Å². The first kappa shape index (κ1) is 12.8. The van der Waals surface area contributed by atoms with Crippen molar-refractivity contribution in [2.24, 2.45) is 0 Å². The number of ether oxygens (including phenoxy) is 1. The van der Waals surface area contributed by atoms with Gasteiger partial charge in [-0.15, -0.1) is 0 Å². The minimum Gasteiger partial charge on any atom is -0.486 e. The van der Waals surface area contributed by atoms with E-state index in [0.717, 1.165) is 18.6 Å². The number of aryl methyl sites for hydroxylation is 2. The highest BCUT2D eigenvalue weighted by Crippen LogP contribution is 2.28. The molecule has 1 heteroatoms. The van der Waals surface area contributed by atoms with E-state index in [9.17, 15) is 0 Å². The Hall–Kier alpha value is -1.24. The summed E-state index contributed by atoms with van der Waals surface area (Å²) >= 11 is 0. The van der Waals surface area contributed by atoms with Gasteiger partial charge in [0.2, 0.25) is 0 Å². The third-order valence-electron chi connectivity index (χ3n) is 2.60. The molecule has 2 rings (SSSR count). The van der Waals surface area contributed by atoms with Crippen molar-refractivity contribution in [1.82, 2.24) is 0 Å². The quantitative estimate of drug-likeness (QED) is 0.639. The lowest BCUT2D eigenvalue weighted by molar-refractivity contribution is 0.218. The SMILES string of the molecule is C/C=C/C1CCc2cc(C)ccc2O1.CC. The molecule has 1 aromatic rings. The maximum absolute atomic E-state index is 5.84. The molecule has 0 spiro atoms. The Kier molecular flexibility index (Phi) is 5.10. The number of allylic oxidation sites excluding steroid dienone is 1. The second kappa shape index (κ2) is 6.37. The van der Waals surface area contributed by atoms with Crippen LogP contribution < -0.4 is 4.74 Å². The zero-order valence-electron chi connectivity index (χ0n) is 10.8. The minimum atomic E-state index is 0.273. The Balaban J connectivity index is 0.000000606. The number of hydrogen-bond donors (Lipinski definition) is 0. The topological polar surface area (TPSA) is 9.23 Å². The molecule has 0 amide bonds. The molecule has 0 aliphatic carbocycles. The first-order valence-electron chi connectivity index (χ1n) is 6.18. The second-order valence-corrected chi connectivity index (χ2v) is 3.83. The fraction of sp³-hybridized carbons (Fsp3) is 0.467. The van der Waals surface area contributed by atoms with E-state index < -0.39 is 0 Å². The van der Waals surface area contributed by atoms with Gasteiger partial charge in [-0.25, -0.2) is 0 Å². The van der Waals surface area contributed by atoms with Gasteiger partial charge in [-0.3, -0.25) is 0 Å². The fourth-order valence-corrected chi connectivity index (χ4v) is 1.89. The maximum Gasteiger partial charge on any atom is 0.123 e. The summed E-state index contributed by atoms with van der Waals surface area (Å²) in [7, 11) is 0. The zero-order valence-corrected chi connectivity index (χ0v) is 10.8. The van der Waals surface area contributed by atoms with Crippen LogP contribution in [0.4, 0.5) is 0 Å². The van der Waals surface area contributed by atoms with Crippen molar-refractivity contribution in [2.75, 3.05) is 0 Å². The molecule has 0 fully saturated rings. The van der Waals surface area contributed by atoms with Gasteiger partial charge in [-0.1, -0.05) is 37.6 Å². The van der Waals surface area contributed by atoms with Crippen molar-refractivity contribution >= 4 is 0 Å². The summed E-state index contributed by atoms with van der Waals surface area (Å²) in [6.07, 6.45) is 6.69. The molecule has 1 atom stereocenters. The van der Waals surface area contributed by atoms with E-state index in [0.29, 0.717) is 0 Å². The molecule has 0 radical (unpaired) electrons. The number of benzene rings is 1. The van der Waals surface area contributed by atoms with Crippen molar-refractivity contribution in [3.05, 3.63) is 41.5 Å². The zero-order chi connectivity index (χ0) is 12.0. The van der Waals surface area contributed by atoms with E-state index in [2.05, 4.69) is 37.3 Å². The van der Waals surface area contributed by atoms with Crippen LogP contribution >= 0.6 is 0 Å². The molecule has 0 saturated heterocycles. The molecule has 0 bridgehead atoms. The molecule has 1 heterocycles. The predicted octanol–water partition coefficient (Wildman–Crippen LogP) is 4.29. The minimum absolute atomic E-state index is 0.273. The van der Waals surface area contributed by atoms with Gasteiger partial charge in [0.05, 0.1) is 0 Å². The van der Waals surface area contributed by atoms with Crippen molar-refractivity contribution in [1.29, 1.82) is 0 Å². The smallest absolute Gasteiger partial charge is 0.123 e. The Labute approximate surface area is 99.1 Å². The Morgan fingerprint density at radius 3 is 2.75 bits per heavy atom. The second-order valence-electron chi connectivity index (χ2n) is 3.83. The van der Waals surface area contributed by atoms with E-state index in [1.807, 2.05) is 20.8 Å². The van der Waals surface area contributed by atoms with E-state index >= 15 is 0 Å². The van der Waals surface area contributed by atoms with E-state index in [4.69, 9.17) is 4.74 Å². The molecule has 0 N–H and O–H groups in total. The van der Waals surface area contributed by atoms with Gasteiger partial charge in [0.1, 0.15) is 11.9 Å². The summed E-state index contributed by atoms with van der Waals surface area (Å²) in [5.41, 5.74) is 2.67. The fourth-order valence-electron chi connectivity index (χ4n) is 1.89. The molecule has 1 nitrogen and oxygen atoms in total.